The molecule has 2 N–H and O–H groups in total. The molecule has 8 heteroatoms. The SMILES string of the molecule is CCCC[C@](CC)(CCCNC(=O)c1c(F)cccc1F)CNC(=O)c1c(F)cccc1F. The maximum absolute atomic E-state index is 13.9. The molecule has 0 aliphatic heterocycles. The molecule has 4 nitrogen and oxygen atoms in total. The van der Waals surface area contributed by atoms with Crippen LogP contribution in [-0.2, 0) is 0 Å². The third kappa shape index (κ3) is 7.04. The normalized spacial score (nSPS) is 12.8. The van der Waals surface area contributed by atoms with E-state index in [1.165, 1.54) is 12.1 Å². The van der Waals surface area contributed by atoms with Crippen molar-refractivity contribution in [2.24, 2.45) is 5.41 Å². The lowest BCUT2D eigenvalue weighted by Crippen LogP contribution is -2.39. The Hall–Kier alpha value is -2.90. The van der Waals surface area contributed by atoms with Crippen LogP contribution in [-0.4, -0.2) is 24.9 Å². The van der Waals surface area contributed by atoms with Crippen molar-refractivity contribution in [2.75, 3.05) is 13.1 Å². The van der Waals surface area contributed by atoms with E-state index in [0.29, 0.717) is 19.3 Å². The summed E-state index contributed by atoms with van der Waals surface area (Å²) >= 11 is 0. The summed E-state index contributed by atoms with van der Waals surface area (Å²) < 4.78 is 55.4. The van der Waals surface area contributed by atoms with Crippen LogP contribution in [0.4, 0.5) is 17.6 Å². The number of benzene rings is 2. The van der Waals surface area contributed by atoms with Crippen molar-refractivity contribution in [3.8, 4) is 0 Å². The van der Waals surface area contributed by atoms with E-state index in [-0.39, 0.29) is 18.5 Å². The molecule has 0 bridgehead atoms. The van der Waals surface area contributed by atoms with Crippen LogP contribution in [0.3, 0.4) is 0 Å². The number of halogens is 4. The fraction of sp³-hybridized carbons (Fsp3) is 0.440. The first-order valence-corrected chi connectivity index (χ1v) is 11.2. The fourth-order valence-electron chi connectivity index (χ4n) is 3.87. The van der Waals surface area contributed by atoms with E-state index in [1.54, 1.807) is 0 Å². The summed E-state index contributed by atoms with van der Waals surface area (Å²) in [7, 11) is 0. The minimum Gasteiger partial charge on any atom is -0.352 e. The van der Waals surface area contributed by atoms with Gasteiger partial charge in [0.05, 0.1) is 0 Å². The summed E-state index contributed by atoms with van der Waals surface area (Å²) in [6.45, 7) is 4.41. The summed E-state index contributed by atoms with van der Waals surface area (Å²) in [6.07, 6.45) is 4.40. The van der Waals surface area contributed by atoms with Crippen LogP contribution in [0.2, 0.25) is 0 Å². The molecule has 0 aliphatic rings. The zero-order valence-electron chi connectivity index (χ0n) is 18.9. The van der Waals surface area contributed by atoms with Gasteiger partial charge in [0.1, 0.15) is 34.4 Å². The Morgan fingerprint density at radius 2 is 1.21 bits per heavy atom. The fourth-order valence-corrected chi connectivity index (χ4v) is 3.87. The molecule has 2 rings (SSSR count). The highest BCUT2D eigenvalue weighted by Gasteiger charge is 2.29. The monoisotopic (exact) mass is 466 g/mol. The predicted octanol–water partition coefficient (Wildman–Crippen LogP) is 5.77. The molecular formula is C25H30F4N2O2. The Bertz CT molecular complexity index is 927. The smallest absolute Gasteiger partial charge is 0.257 e. The summed E-state index contributed by atoms with van der Waals surface area (Å²) in [5, 5.41) is 5.20. The van der Waals surface area contributed by atoms with Gasteiger partial charge < -0.3 is 10.6 Å². The van der Waals surface area contributed by atoms with Gasteiger partial charge in [0, 0.05) is 13.1 Å². The summed E-state index contributed by atoms with van der Waals surface area (Å²) in [5.74, 6) is -5.35. The van der Waals surface area contributed by atoms with Gasteiger partial charge in [0.2, 0.25) is 0 Å². The molecule has 0 aliphatic carbocycles. The third-order valence-electron chi connectivity index (χ3n) is 5.98. The van der Waals surface area contributed by atoms with E-state index >= 15 is 0 Å². The molecule has 0 unspecified atom stereocenters. The first kappa shape index (κ1) is 26.4. The van der Waals surface area contributed by atoms with Gasteiger partial charge in [-0.3, -0.25) is 9.59 Å². The third-order valence-corrected chi connectivity index (χ3v) is 5.98. The summed E-state index contributed by atoms with van der Waals surface area (Å²) in [4.78, 5) is 24.6. The average molecular weight is 467 g/mol. The maximum atomic E-state index is 13.9. The van der Waals surface area contributed by atoms with Gasteiger partial charge in [-0.25, -0.2) is 17.6 Å². The highest BCUT2D eigenvalue weighted by Crippen LogP contribution is 2.33. The van der Waals surface area contributed by atoms with E-state index in [1.807, 2.05) is 13.8 Å². The van der Waals surface area contributed by atoms with Gasteiger partial charge in [-0.1, -0.05) is 38.8 Å². The number of carbonyl (C=O) groups is 2. The van der Waals surface area contributed by atoms with Crippen molar-refractivity contribution in [1.82, 2.24) is 10.6 Å². The van der Waals surface area contributed by atoms with Crippen LogP contribution in [0.25, 0.3) is 0 Å². The first-order valence-electron chi connectivity index (χ1n) is 11.2. The number of carbonyl (C=O) groups excluding carboxylic acids is 2. The quantitative estimate of drug-likeness (QED) is 0.308. The van der Waals surface area contributed by atoms with Crippen LogP contribution in [0.5, 0.6) is 0 Å². The molecule has 0 radical (unpaired) electrons. The van der Waals surface area contributed by atoms with E-state index in [0.717, 1.165) is 43.5 Å². The minimum atomic E-state index is -0.929. The van der Waals surface area contributed by atoms with E-state index < -0.39 is 46.2 Å². The van der Waals surface area contributed by atoms with Gasteiger partial charge >= 0.3 is 0 Å². The molecule has 2 aromatic rings. The molecule has 180 valence electrons. The average Bonchev–Trinajstić information content (AvgIpc) is 2.78. The Kier molecular flexibility index (Phi) is 9.88. The first-order chi connectivity index (χ1) is 15.7. The summed E-state index contributed by atoms with van der Waals surface area (Å²) in [6, 6.07) is 6.48. The van der Waals surface area contributed by atoms with Gasteiger partial charge in [-0.05, 0) is 55.4 Å². The number of hydrogen-bond acceptors (Lipinski definition) is 2. The molecule has 2 aromatic carbocycles. The maximum Gasteiger partial charge on any atom is 0.257 e. The second-order valence-electron chi connectivity index (χ2n) is 8.19. The molecule has 1 atom stereocenters. The van der Waals surface area contributed by atoms with E-state index in [2.05, 4.69) is 10.6 Å². The van der Waals surface area contributed by atoms with E-state index in [9.17, 15) is 27.2 Å². The number of amides is 2. The molecule has 0 aromatic heterocycles. The Labute approximate surface area is 191 Å². The van der Waals surface area contributed by atoms with Gasteiger partial charge in [0.15, 0.2) is 0 Å². The Morgan fingerprint density at radius 1 is 0.758 bits per heavy atom. The molecule has 2 amide bonds. The molecule has 0 saturated carbocycles. The Balaban J connectivity index is 2.00. The standard InChI is InChI=1S/C25H30F4N2O2/c1-3-5-13-25(4-2,16-31-24(33)22-19(28)11-7-12-20(22)29)14-8-15-30-23(32)21-17(26)9-6-10-18(21)27/h6-7,9-12H,3-5,8,13-16H2,1-2H3,(H,30,32)(H,31,33)/t25-/m1/s1. The molecule has 0 saturated heterocycles. The minimum absolute atomic E-state index is 0.191. The second kappa shape index (κ2) is 12.4. The van der Waals surface area contributed by atoms with Crippen molar-refractivity contribution in [3.63, 3.8) is 0 Å². The zero-order valence-corrected chi connectivity index (χ0v) is 18.9. The summed E-state index contributed by atoms with van der Waals surface area (Å²) in [5.41, 5.74) is -1.58. The van der Waals surface area contributed by atoms with Crippen LogP contribution >= 0.6 is 0 Å². The second-order valence-corrected chi connectivity index (χ2v) is 8.19. The van der Waals surface area contributed by atoms with Crippen molar-refractivity contribution < 1.29 is 27.2 Å². The zero-order chi connectivity index (χ0) is 24.4. The number of unbranched alkanes of at least 4 members (excludes halogenated alkanes) is 1. The van der Waals surface area contributed by atoms with E-state index in [4.69, 9.17) is 0 Å². The topological polar surface area (TPSA) is 58.2 Å². The highest BCUT2D eigenvalue weighted by molar-refractivity contribution is 5.95. The van der Waals surface area contributed by atoms with Crippen molar-refractivity contribution >= 4 is 11.8 Å². The molecule has 33 heavy (non-hydrogen) atoms. The largest absolute Gasteiger partial charge is 0.352 e. The highest BCUT2D eigenvalue weighted by atomic mass is 19.1. The lowest BCUT2D eigenvalue weighted by molar-refractivity contribution is 0.0908. The lowest BCUT2D eigenvalue weighted by Gasteiger charge is -2.33. The molecule has 0 fully saturated rings. The lowest BCUT2D eigenvalue weighted by atomic mass is 9.76. The number of rotatable bonds is 12. The van der Waals surface area contributed by atoms with Gasteiger partial charge in [-0.15, -0.1) is 0 Å². The van der Waals surface area contributed by atoms with Crippen LogP contribution in [0, 0.1) is 28.7 Å². The predicted molar refractivity (Wildman–Crippen MR) is 119 cm³/mol. The molecule has 0 spiro atoms. The van der Waals surface area contributed by atoms with Gasteiger partial charge in [0.25, 0.3) is 11.8 Å². The number of nitrogens with one attached hydrogen (secondary N) is 2. The van der Waals surface area contributed by atoms with Crippen LogP contribution in [0.1, 0.15) is 73.1 Å². The number of hydrogen-bond donors (Lipinski definition) is 2. The van der Waals surface area contributed by atoms with Crippen molar-refractivity contribution in [3.05, 3.63) is 70.8 Å². The molecular weight excluding hydrogens is 436 g/mol. The van der Waals surface area contributed by atoms with Crippen molar-refractivity contribution in [2.45, 2.75) is 52.4 Å². The van der Waals surface area contributed by atoms with Gasteiger partial charge in [-0.2, -0.15) is 0 Å². The Morgan fingerprint density at radius 3 is 1.67 bits per heavy atom. The van der Waals surface area contributed by atoms with Crippen LogP contribution < -0.4 is 10.6 Å². The molecule has 0 heterocycles. The van der Waals surface area contributed by atoms with Crippen molar-refractivity contribution in [1.29, 1.82) is 0 Å². The van der Waals surface area contributed by atoms with Crippen LogP contribution in [0.15, 0.2) is 36.4 Å².